The molecule has 4 heteroatoms. The van der Waals surface area contributed by atoms with E-state index in [9.17, 15) is 5.11 Å². The average molecular weight is 223 g/mol. The van der Waals surface area contributed by atoms with E-state index in [4.69, 9.17) is 0 Å². The zero-order valence-corrected chi connectivity index (χ0v) is 10.1. The van der Waals surface area contributed by atoms with Crippen LogP contribution in [0, 0.1) is 0 Å². The van der Waals surface area contributed by atoms with Crippen molar-refractivity contribution < 1.29 is 5.11 Å². The van der Waals surface area contributed by atoms with Gasteiger partial charge in [0.25, 0.3) is 0 Å². The van der Waals surface area contributed by atoms with Crippen LogP contribution < -0.4 is 5.32 Å². The van der Waals surface area contributed by atoms with E-state index in [0.29, 0.717) is 6.04 Å². The standard InChI is InChI=1S/C12H21N3O/c1-3-9(8-16)14-11-5-4-6-12-10(11)7-13-15(12)2/h7,9,11,14,16H,3-6,8H2,1-2H3/t9-,11?/m0/s1. The van der Waals surface area contributed by atoms with E-state index in [2.05, 4.69) is 17.3 Å². The van der Waals surface area contributed by atoms with Crippen molar-refractivity contribution in [1.29, 1.82) is 0 Å². The number of aryl methyl sites for hydroxylation is 1. The van der Waals surface area contributed by atoms with E-state index in [1.807, 2.05) is 17.9 Å². The summed E-state index contributed by atoms with van der Waals surface area (Å²) in [7, 11) is 2.00. The first kappa shape index (κ1) is 11.6. The summed E-state index contributed by atoms with van der Waals surface area (Å²) in [5.74, 6) is 0. The summed E-state index contributed by atoms with van der Waals surface area (Å²) in [6.45, 7) is 2.31. The molecule has 0 bridgehead atoms. The molecule has 2 N–H and O–H groups in total. The number of nitrogens with zero attached hydrogens (tertiary/aromatic N) is 2. The minimum Gasteiger partial charge on any atom is -0.395 e. The van der Waals surface area contributed by atoms with Gasteiger partial charge in [-0.3, -0.25) is 4.68 Å². The molecule has 0 fully saturated rings. The lowest BCUT2D eigenvalue weighted by atomic mass is 9.92. The fourth-order valence-electron chi connectivity index (χ4n) is 2.46. The van der Waals surface area contributed by atoms with Crippen LogP contribution in [-0.4, -0.2) is 27.5 Å². The Morgan fingerprint density at radius 2 is 2.50 bits per heavy atom. The number of aliphatic hydroxyl groups excluding tert-OH is 1. The van der Waals surface area contributed by atoms with Gasteiger partial charge in [-0.2, -0.15) is 5.10 Å². The third-order valence-corrected chi connectivity index (χ3v) is 3.53. The molecule has 1 aliphatic carbocycles. The van der Waals surface area contributed by atoms with Crippen LogP contribution in [0.5, 0.6) is 0 Å². The maximum atomic E-state index is 9.23. The Morgan fingerprint density at radius 1 is 1.69 bits per heavy atom. The van der Waals surface area contributed by atoms with E-state index >= 15 is 0 Å². The largest absolute Gasteiger partial charge is 0.395 e. The summed E-state index contributed by atoms with van der Waals surface area (Å²) in [6.07, 6.45) is 6.40. The number of fused-ring (bicyclic) bond motifs is 1. The van der Waals surface area contributed by atoms with Crippen molar-refractivity contribution in [1.82, 2.24) is 15.1 Å². The summed E-state index contributed by atoms with van der Waals surface area (Å²) in [5.41, 5.74) is 2.66. The Bertz CT molecular complexity index is 344. The predicted molar refractivity (Wildman–Crippen MR) is 63.2 cm³/mol. The summed E-state index contributed by atoms with van der Waals surface area (Å²) >= 11 is 0. The summed E-state index contributed by atoms with van der Waals surface area (Å²) in [6, 6.07) is 0.575. The molecule has 0 spiro atoms. The molecule has 1 unspecified atom stereocenters. The second kappa shape index (κ2) is 4.97. The van der Waals surface area contributed by atoms with Gasteiger partial charge in [0.1, 0.15) is 0 Å². The molecule has 1 heterocycles. The maximum absolute atomic E-state index is 9.23. The number of aliphatic hydroxyl groups is 1. The quantitative estimate of drug-likeness (QED) is 0.805. The van der Waals surface area contributed by atoms with Crippen molar-refractivity contribution in [3.05, 3.63) is 17.5 Å². The minimum absolute atomic E-state index is 0.205. The molecule has 1 aromatic rings. The minimum atomic E-state index is 0.205. The molecule has 1 aliphatic rings. The highest BCUT2D eigenvalue weighted by atomic mass is 16.3. The first-order chi connectivity index (χ1) is 7.76. The van der Waals surface area contributed by atoms with Gasteiger partial charge in [0.15, 0.2) is 0 Å². The number of rotatable bonds is 4. The molecule has 0 aromatic carbocycles. The molecule has 0 radical (unpaired) electrons. The first-order valence-corrected chi connectivity index (χ1v) is 6.14. The number of hydrogen-bond donors (Lipinski definition) is 2. The zero-order chi connectivity index (χ0) is 11.5. The Labute approximate surface area is 96.7 Å². The highest BCUT2D eigenvalue weighted by Gasteiger charge is 2.24. The van der Waals surface area contributed by atoms with Crippen LogP contribution in [0.1, 0.15) is 43.5 Å². The zero-order valence-electron chi connectivity index (χ0n) is 10.1. The smallest absolute Gasteiger partial charge is 0.0584 e. The van der Waals surface area contributed by atoms with E-state index in [0.717, 1.165) is 19.3 Å². The molecule has 4 nitrogen and oxygen atoms in total. The summed E-state index contributed by atoms with van der Waals surface area (Å²) < 4.78 is 1.98. The van der Waals surface area contributed by atoms with Gasteiger partial charge in [0.2, 0.25) is 0 Å². The van der Waals surface area contributed by atoms with Crippen LogP contribution in [0.2, 0.25) is 0 Å². The molecule has 0 amide bonds. The van der Waals surface area contributed by atoms with Crippen LogP contribution >= 0.6 is 0 Å². The molecule has 1 aromatic heterocycles. The topological polar surface area (TPSA) is 50.1 Å². The monoisotopic (exact) mass is 223 g/mol. The van der Waals surface area contributed by atoms with Crippen molar-refractivity contribution in [2.45, 2.75) is 44.7 Å². The Kier molecular flexibility index (Phi) is 3.61. The lowest BCUT2D eigenvalue weighted by Crippen LogP contribution is -2.36. The van der Waals surface area contributed by atoms with Crippen molar-refractivity contribution in [3.8, 4) is 0 Å². The van der Waals surface area contributed by atoms with Gasteiger partial charge in [-0.15, -0.1) is 0 Å². The lowest BCUT2D eigenvalue weighted by Gasteiger charge is -2.27. The normalized spacial score (nSPS) is 21.8. The Hall–Kier alpha value is -0.870. The molecule has 0 saturated heterocycles. The molecule has 16 heavy (non-hydrogen) atoms. The molecule has 2 rings (SSSR count). The van der Waals surface area contributed by atoms with Crippen molar-refractivity contribution in [2.24, 2.45) is 7.05 Å². The van der Waals surface area contributed by atoms with E-state index in [1.165, 1.54) is 17.7 Å². The second-order valence-corrected chi connectivity index (χ2v) is 4.57. The predicted octanol–water partition coefficient (Wildman–Crippen LogP) is 1.16. The second-order valence-electron chi connectivity index (χ2n) is 4.57. The fraction of sp³-hybridized carbons (Fsp3) is 0.750. The van der Waals surface area contributed by atoms with Gasteiger partial charge >= 0.3 is 0 Å². The number of nitrogens with one attached hydrogen (secondary N) is 1. The van der Waals surface area contributed by atoms with Crippen molar-refractivity contribution >= 4 is 0 Å². The Balaban J connectivity index is 2.12. The molecule has 2 atom stereocenters. The number of hydrogen-bond acceptors (Lipinski definition) is 3. The third kappa shape index (κ3) is 2.13. The van der Waals surface area contributed by atoms with Gasteiger partial charge in [0.05, 0.1) is 12.8 Å². The van der Waals surface area contributed by atoms with Crippen LogP contribution in [0.15, 0.2) is 6.20 Å². The van der Waals surface area contributed by atoms with Gasteiger partial charge in [-0.05, 0) is 25.7 Å². The third-order valence-electron chi connectivity index (χ3n) is 3.53. The van der Waals surface area contributed by atoms with E-state index < -0.39 is 0 Å². The lowest BCUT2D eigenvalue weighted by molar-refractivity contribution is 0.223. The average Bonchev–Trinajstić information content (AvgIpc) is 2.69. The van der Waals surface area contributed by atoms with Gasteiger partial charge < -0.3 is 10.4 Å². The van der Waals surface area contributed by atoms with Gasteiger partial charge in [-0.1, -0.05) is 6.92 Å². The summed E-state index contributed by atoms with van der Waals surface area (Å²) in [4.78, 5) is 0. The van der Waals surface area contributed by atoms with Crippen LogP contribution in [0.3, 0.4) is 0 Å². The molecule has 0 saturated carbocycles. The van der Waals surface area contributed by atoms with Crippen LogP contribution in [0.4, 0.5) is 0 Å². The van der Waals surface area contributed by atoms with Crippen LogP contribution in [0.25, 0.3) is 0 Å². The van der Waals surface area contributed by atoms with Crippen molar-refractivity contribution in [3.63, 3.8) is 0 Å². The van der Waals surface area contributed by atoms with E-state index in [-0.39, 0.29) is 12.6 Å². The highest BCUT2D eigenvalue weighted by Crippen LogP contribution is 2.29. The maximum Gasteiger partial charge on any atom is 0.0584 e. The first-order valence-electron chi connectivity index (χ1n) is 6.14. The molecule has 90 valence electrons. The molecular weight excluding hydrogens is 202 g/mol. The molecule has 0 aliphatic heterocycles. The highest BCUT2D eigenvalue weighted by molar-refractivity contribution is 5.24. The van der Waals surface area contributed by atoms with Crippen LogP contribution in [-0.2, 0) is 13.5 Å². The summed E-state index contributed by atoms with van der Waals surface area (Å²) in [5, 5.41) is 17.1. The van der Waals surface area contributed by atoms with E-state index in [1.54, 1.807) is 0 Å². The Morgan fingerprint density at radius 3 is 3.19 bits per heavy atom. The van der Waals surface area contributed by atoms with Crippen molar-refractivity contribution in [2.75, 3.05) is 6.61 Å². The van der Waals surface area contributed by atoms with Gasteiger partial charge in [-0.25, -0.2) is 0 Å². The fourth-order valence-corrected chi connectivity index (χ4v) is 2.46. The SMILES string of the molecule is CC[C@@H](CO)NC1CCCc2c1cnn2C. The number of aromatic nitrogens is 2. The van der Waals surface area contributed by atoms with Gasteiger partial charge in [0, 0.05) is 30.4 Å². The molecular formula is C12H21N3O.